The number of nitriles is 1. The van der Waals surface area contributed by atoms with Crippen LogP contribution in [0.5, 0.6) is 0 Å². The first-order valence-electron chi connectivity index (χ1n) is 11.6. The number of carbonyl (C=O) groups excluding carboxylic acids is 1. The number of piperidine rings is 1. The quantitative estimate of drug-likeness (QED) is 0.593. The van der Waals surface area contributed by atoms with Gasteiger partial charge in [-0.05, 0) is 67.5 Å². The number of hydrogen-bond donors (Lipinski definition) is 2. The van der Waals surface area contributed by atoms with Crippen molar-refractivity contribution in [3.8, 4) is 17.3 Å². The molecule has 0 atom stereocenters. The van der Waals surface area contributed by atoms with Crippen molar-refractivity contribution in [2.75, 3.05) is 19.7 Å². The first-order chi connectivity index (χ1) is 16.0. The monoisotopic (exact) mass is 442 g/mol. The summed E-state index contributed by atoms with van der Waals surface area (Å²) < 4.78 is 0. The maximum Gasteiger partial charge on any atom is 0.253 e. The summed E-state index contributed by atoms with van der Waals surface area (Å²) >= 11 is 0. The van der Waals surface area contributed by atoms with Crippen LogP contribution >= 0.6 is 0 Å². The van der Waals surface area contributed by atoms with Gasteiger partial charge in [0, 0.05) is 36.3 Å². The fourth-order valence-electron chi connectivity index (χ4n) is 4.61. The minimum absolute atomic E-state index is 0.0477. The van der Waals surface area contributed by atoms with E-state index in [1.165, 1.54) is 5.56 Å². The summed E-state index contributed by atoms with van der Waals surface area (Å²) in [7, 11) is 0. The Balaban J connectivity index is 1.50. The summed E-state index contributed by atoms with van der Waals surface area (Å²) in [6.45, 7) is 5.59. The van der Waals surface area contributed by atoms with E-state index < -0.39 is 0 Å². The van der Waals surface area contributed by atoms with E-state index in [1.54, 1.807) is 0 Å². The second kappa shape index (κ2) is 10.0. The van der Waals surface area contributed by atoms with Gasteiger partial charge in [-0.3, -0.25) is 4.79 Å². The molecule has 2 aromatic carbocycles. The Hall–Kier alpha value is -3.43. The molecule has 3 aromatic rings. The number of aliphatic hydroxyl groups is 1. The molecule has 1 amide bonds. The molecule has 0 bridgehead atoms. The Kier molecular flexibility index (Phi) is 6.90. The van der Waals surface area contributed by atoms with Crippen molar-refractivity contribution in [1.82, 2.24) is 14.9 Å². The molecule has 1 aliphatic heterocycles. The molecule has 1 saturated heterocycles. The smallest absolute Gasteiger partial charge is 0.253 e. The third kappa shape index (κ3) is 4.84. The second-order valence-electron chi connectivity index (χ2n) is 8.67. The van der Waals surface area contributed by atoms with Crippen LogP contribution in [0.25, 0.3) is 11.3 Å². The standard InChI is InChI=1S/C27H30N4O2/c1-3-24-26(30-25(29-24)12-15-32)23-16-22(7-4-18(23)2)27(33)31-13-10-21(11-14-31)20-8-5-19(17-28)6-9-20/h4-9,16,21,32H,3,10-15H2,1-2H3,(H,29,30). The summed E-state index contributed by atoms with van der Waals surface area (Å²) in [5.74, 6) is 1.24. The third-order valence-electron chi connectivity index (χ3n) is 6.56. The number of rotatable bonds is 6. The number of aromatic nitrogens is 2. The summed E-state index contributed by atoms with van der Waals surface area (Å²) in [5.41, 5.74) is 6.52. The lowest BCUT2D eigenvalue weighted by atomic mass is 9.88. The zero-order valence-electron chi connectivity index (χ0n) is 19.3. The molecule has 0 radical (unpaired) electrons. The van der Waals surface area contributed by atoms with Gasteiger partial charge >= 0.3 is 0 Å². The van der Waals surface area contributed by atoms with Crippen molar-refractivity contribution >= 4 is 5.91 Å². The van der Waals surface area contributed by atoms with Gasteiger partial charge < -0.3 is 15.0 Å². The van der Waals surface area contributed by atoms with Crippen LogP contribution in [-0.4, -0.2) is 45.6 Å². The molecule has 4 rings (SSSR count). The zero-order chi connectivity index (χ0) is 23.4. The summed E-state index contributed by atoms with van der Waals surface area (Å²) in [5, 5.41) is 18.3. The predicted molar refractivity (Wildman–Crippen MR) is 128 cm³/mol. The van der Waals surface area contributed by atoms with Gasteiger partial charge in [0.05, 0.1) is 23.9 Å². The predicted octanol–water partition coefficient (Wildman–Crippen LogP) is 4.37. The van der Waals surface area contributed by atoms with Crippen LogP contribution in [0.15, 0.2) is 42.5 Å². The van der Waals surface area contributed by atoms with Crippen LogP contribution < -0.4 is 0 Å². The number of H-pyrrole nitrogens is 1. The molecule has 1 aromatic heterocycles. The lowest BCUT2D eigenvalue weighted by Crippen LogP contribution is -2.37. The molecular weight excluding hydrogens is 412 g/mol. The van der Waals surface area contributed by atoms with Crippen molar-refractivity contribution in [3.63, 3.8) is 0 Å². The number of amides is 1. The molecule has 6 nitrogen and oxygen atoms in total. The Morgan fingerprint density at radius 1 is 1.21 bits per heavy atom. The van der Waals surface area contributed by atoms with Gasteiger partial charge in [-0.15, -0.1) is 0 Å². The van der Waals surface area contributed by atoms with Crippen molar-refractivity contribution in [2.24, 2.45) is 0 Å². The molecule has 33 heavy (non-hydrogen) atoms. The number of carbonyl (C=O) groups is 1. The molecule has 170 valence electrons. The Morgan fingerprint density at radius 3 is 2.58 bits per heavy atom. The highest BCUT2D eigenvalue weighted by Gasteiger charge is 2.25. The highest BCUT2D eigenvalue weighted by molar-refractivity contribution is 5.95. The van der Waals surface area contributed by atoms with Crippen molar-refractivity contribution in [2.45, 2.75) is 45.4 Å². The topological polar surface area (TPSA) is 93.0 Å². The second-order valence-corrected chi connectivity index (χ2v) is 8.67. The maximum absolute atomic E-state index is 13.3. The van der Waals surface area contributed by atoms with Gasteiger partial charge in [0.25, 0.3) is 5.91 Å². The van der Waals surface area contributed by atoms with Crippen LogP contribution in [0.1, 0.15) is 64.2 Å². The van der Waals surface area contributed by atoms with Crippen molar-refractivity contribution < 1.29 is 9.90 Å². The number of nitrogens with zero attached hydrogens (tertiary/aromatic N) is 3. The molecule has 6 heteroatoms. The average Bonchev–Trinajstić information content (AvgIpc) is 3.27. The fourth-order valence-corrected chi connectivity index (χ4v) is 4.61. The van der Waals surface area contributed by atoms with Gasteiger partial charge in [0.2, 0.25) is 0 Å². The zero-order valence-corrected chi connectivity index (χ0v) is 19.3. The molecule has 2 N–H and O–H groups in total. The van der Waals surface area contributed by atoms with Crippen LogP contribution in [0, 0.1) is 18.3 Å². The fraction of sp³-hybridized carbons (Fsp3) is 0.370. The summed E-state index contributed by atoms with van der Waals surface area (Å²) in [4.78, 5) is 23.3. The number of aromatic amines is 1. The van der Waals surface area contributed by atoms with E-state index in [4.69, 9.17) is 10.2 Å². The van der Waals surface area contributed by atoms with Crippen LogP contribution in [0.4, 0.5) is 0 Å². The van der Waals surface area contributed by atoms with E-state index in [-0.39, 0.29) is 12.5 Å². The minimum atomic E-state index is 0.0477. The van der Waals surface area contributed by atoms with Gasteiger partial charge in [-0.1, -0.05) is 25.1 Å². The number of nitrogens with one attached hydrogen (secondary N) is 1. The largest absolute Gasteiger partial charge is 0.396 e. The highest BCUT2D eigenvalue weighted by Crippen LogP contribution is 2.31. The van der Waals surface area contributed by atoms with Gasteiger partial charge in [0.15, 0.2) is 0 Å². The lowest BCUT2D eigenvalue weighted by molar-refractivity contribution is 0.0713. The summed E-state index contributed by atoms with van der Waals surface area (Å²) in [6.07, 6.45) is 3.12. The molecule has 1 aliphatic rings. The van der Waals surface area contributed by atoms with Gasteiger partial charge in [0.1, 0.15) is 5.82 Å². The average molecular weight is 443 g/mol. The number of benzene rings is 2. The number of aliphatic hydroxyl groups excluding tert-OH is 1. The molecule has 2 heterocycles. The lowest BCUT2D eigenvalue weighted by Gasteiger charge is -2.32. The van der Waals surface area contributed by atoms with Crippen LogP contribution in [0.2, 0.25) is 0 Å². The minimum Gasteiger partial charge on any atom is -0.396 e. The maximum atomic E-state index is 13.3. The van der Waals surface area contributed by atoms with E-state index in [0.29, 0.717) is 23.5 Å². The van der Waals surface area contributed by atoms with E-state index >= 15 is 0 Å². The number of likely N-dealkylation sites (tertiary alicyclic amines) is 1. The number of imidazole rings is 1. The SMILES string of the molecule is CCc1[nH]c(CCO)nc1-c1cc(C(=O)N2CCC(c3ccc(C#N)cc3)CC2)ccc1C. The van der Waals surface area contributed by atoms with Crippen LogP contribution in [-0.2, 0) is 12.8 Å². The molecular formula is C27H30N4O2. The molecule has 0 spiro atoms. The first kappa shape index (κ1) is 22.8. The van der Waals surface area contributed by atoms with E-state index in [1.807, 2.05) is 54.3 Å². The van der Waals surface area contributed by atoms with Crippen LogP contribution in [0.3, 0.4) is 0 Å². The van der Waals surface area contributed by atoms with E-state index in [2.05, 4.69) is 18.0 Å². The third-order valence-corrected chi connectivity index (χ3v) is 6.56. The Labute approximate surface area is 194 Å². The molecule has 0 saturated carbocycles. The normalized spacial score (nSPS) is 14.3. The first-order valence-corrected chi connectivity index (χ1v) is 11.6. The van der Waals surface area contributed by atoms with Gasteiger partial charge in [-0.25, -0.2) is 4.98 Å². The van der Waals surface area contributed by atoms with E-state index in [9.17, 15) is 9.90 Å². The molecule has 0 aliphatic carbocycles. The summed E-state index contributed by atoms with van der Waals surface area (Å²) in [6, 6.07) is 15.8. The van der Waals surface area contributed by atoms with E-state index in [0.717, 1.165) is 60.7 Å². The van der Waals surface area contributed by atoms with Crippen molar-refractivity contribution in [3.05, 3.63) is 76.2 Å². The Morgan fingerprint density at radius 2 is 1.94 bits per heavy atom. The Bertz CT molecular complexity index is 1170. The molecule has 1 fully saturated rings. The van der Waals surface area contributed by atoms with Crippen molar-refractivity contribution in [1.29, 1.82) is 5.26 Å². The molecule has 0 unspecified atom stereocenters. The number of hydrogen-bond acceptors (Lipinski definition) is 4. The number of aryl methyl sites for hydroxylation is 2. The van der Waals surface area contributed by atoms with Gasteiger partial charge in [-0.2, -0.15) is 5.26 Å². The highest BCUT2D eigenvalue weighted by atomic mass is 16.3.